The van der Waals surface area contributed by atoms with Gasteiger partial charge in [-0.2, -0.15) is 9.30 Å². The summed E-state index contributed by atoms with van der Waals surface area (Å²) < 4.78 is 40.3. The molecule has 1 atom stereocenters. The SMILES string of the molecule is CS(=O)(=O)N1CCCC1C(=O)N=c1sccn1Cc1ccccc1F. The van der Waals surface area contributed by atoms with E-state index in [1.165, 1.54) is 21.7 Å². The maximum atomic E-state index is 13.8. The first-order valence-corrected chi connectivity index (χ1v) is 10.5. The normalized spacial score (nSPS) is 19.4. The molecule has 1 saturated heterocycles. The lowest BCUT2D eigenvalue weighted by Gasteiger charge is -2.18. The van der Waals surface area contributed by atoms with Gasteiger partial charge in [-0.25, -0.2) is 12.8 Å². The number of sulfonamides is 1. The highest BCUT2D eigenvalue weighted by molar-refractivity contribution is 7.88. The van der Waals surface area contributed by atoms with E-state index in [-0.39, 0.29) is 12.4 Å². The van der Waals surface area contributed by atoms with Gasteiger partial charge in [-0.3, -0.25) is 4.79 Å². The fourth-order valence-electron chi connectivity index (χ4n) is 2.87. The van der Waals surface area contributed by atoms with E-state index in [2.05, 4.69) is 4.99 Å². The van der Waals surface area contributed by atoms with Crippen LogP contribution in [0.4, 0.5) is 4.39 Å². The molecule has 2 heterocycles. The summed E-state index contributed by atoms with van der Waals surface area (Å²) in [6.07, 6.45) is 3.93. The van der Waals surface area contributed by atoms with Crippen molar-refractivity contribution in [2.75, 3.05) is 12.8 Å². The summed E-state index contributed by atoms with van der Waals surface area (Å²) in [5.41, 5.74) is 0.494. The third-order valence-electron chi connectivity index (χ3n) is 4.08. The lowest BCUT2D eigenvalue weighted by molar-refractivity contribution is -0.121. The van der Waals surface area contributed by atoms with E-state index < -0.39 is 22.0 Å². The Balaban J connectivity index is 1.87. The van der Waals surface area contributed by atoms with Crippen molar-refractivity contribution < 1.29 is 17.6 Å². The topological polar surface area (TPSA) is 71.7 Å². The van der Waals surface area contributed by atoms with Crippen molar-refractivity contribution in [1.29, 1.82) is 0 Å². The molecule has 2 aromatic rings. The van der Waals surface area contributed by atoms with Gasteiger partial charge in [0.1, 0.15) is 11.9 Å². The first kappa shape index (κ1) is 18.0. The van der Waals surface area contributed by atoms with Crippen LogP contribution in [-0.2, 0) is 21.4 Å². The lowest BCUT2D eigenvalue weighted by atomic mass is 10.2. The quantitative estimate of drug-likeness (QED) is 0.805. The van der Waals surface area contributed by atoms with Gasteiger partial charge in [-0.15, -0.1) is 11.3 Å². The third kappa shape index (κ3) is 4.05. The van der Waals surface area contributed by atoms with Crippen LogP contribution in [0.25, 0.3) is 0 Å². The molecule has 0 bridgehead atoms. The average Bonchev–Trinajstić information content (AvgIpc) is 3.19. The molecule has 3 rings (SSSR count). The lowest BCUT2D eigenvalue weighted by Crippen LogP contribution is -2.40. The molecule has 0 aliphatic carbocycles. The standard InChI is InChI=1S/C16H18FN3O3S2/c1-25(22,23)20-8-4-7-14(20)15(21)18-16-19(9-10-24-16)11-12-5-2-3-6-13(12)17/h2-3,5-6,9-10,14H,4,7-8,11H2,1H3. The molecule has 1 amide bonds. The van der Waals surface area contributed by atoms with E-state index in [1.807, 2.05) is 0 Å². The van der Waals surface area contributed by atoms with Crippen molar-refractivity contribution in [3.63, 3.8) is 0 Å². The number of hydrogen-bond acceptors (Lipinski definition) is 4. The zero-order valence-electron chi connectivity index (χ0n) is 13.6. The summed E-state index contributed by atoms with van der Waals surface area (Å²) in [6, 6.07) is 5.67. The molecule has 1 aliphatic heterocycles. The number of carbonyl (C=O) groups is 1. The van der Waals surface area contributed by atoms with Crippen LogP contribution >= 0.6 is 11.3 Å². The van der Waals surface area contributed by atoms with Gasteiger partial charge in [-0.05, 0) is 18.9 Å². The molecule has 1 fully saturated rings. The third-order valence-corrected chi connectivity index (χ3v) is 6.16. The number of aromatic nitrogens is 1. The fourth-order valence-corrected chi connectivity index (χ4v) is 4.72. The van der Waals surface area contributed by atoms with E-state index in [9.17, 15) is 17.6 Å². The molecule has 1 aromatic carbocycles. The van der Waals surface area contributed by atoms with Gasteiger partial charge in [0.15, 0.2) is 4.80 Å². The van der Waals surface area contributed by atoms with E-state index in [0.717, 1.165) is 6.26 Å². The first-order valence-electron chi connectivity index (χ1n) is 7.79. The molecule has 134 valence electrons. The predicted octanol–water partition coefficient (Wildman–Crippen LogP) is 1.59. The van der Waals surface area contributed by atoms with Gasteiger partial charge in [0.25, 0.3) is 5.91 Å². The van der Waals surface area contributed by atoms with Crippen LogP contribution in [0.1, 0.15) is 18.4 Å². The molecule has 1 aromatic heterocycles. The number of amides is 1. The predicted molar refractivity (Wildman–Crippen MR) is 93.0 cm³/mol. The minimum atomic E-state index is -3.44. The molecule has 0 N–H and O–H groups in total. The number of hydrogen-bond donors (Lipinski definition) is 0. The molecular weight excluding hydrogens is 365 g/mol. The average molecular weight is 383 g/mol. The van der Waals surface area contributed by atoms with E-state index in [4.69, 9.17) is 0 Å². The Morgan fingerprint density at radius 2 is 2.16 bits per heavy atom. The van der Waals surface area contributed by atoms with Crippen LogP contribution in [0, 0.1) is 5.82 Å². The summed E-state index contributed by atoms with van der Waals surface area (Å²) in [7, 11) is -3.44. The van der Waals surface area contributed by atoms with Crippen LogP contribution in [0.15, 0.2) is 40.8 Å². The summed E-state index contributed by atoms with van der Waals surface area (Å²) in [6.45, 7) is 0.590. The maximum absolute atomic E-state index is 13.8. The molecule has 1 aliphatic rings. The molecule has 0 saturated carbocycles. The molecular formula is C16H18FN3O3S2. The molecule has 0 radical (unpaired) electrons. The van der Waals surface area contributed by atoms with Crippen molar-refractivity contribution in [3.05, 3.63) is 52.0 Å². The second kappa shape index (κ2) is 7.19. The number of carbonyl (C=O) groups excluding carboxylic acids is 1. The van der Waals surface area contributed by atoms with Crippen LogP contribution in [0.3, 0.4) is 0 Å². The van der Waals surface area contributed by atoms with Crippen molar-refractivity contribution in [1.82, 2.24) is 8.87 Å². The van der Waals surface area contributed by atoms with E-state index in [1.54, 1.807) is 34.3 Å². The van der Waals surface area contributed by atoms with Gasteiger partial charge in [0.05, 0.1) is 12.8 Å². The molecule has 1 unspecified atom stereocenters. The Morgan fingerprint density at radius 3 is 2.88 bits per heavy atom. The summed E-state index contributed by atoms with van der Waals surface area (Å²) in [4.78, 5) is 17.0. The highest BCUT2D eigenvalue weighted by Crippen LogP contribution is 2.21. The van der Waals surface area contributed by atoms with Crippen molar-refractivity contribution in [2.45, 2.75) is 25.4 Å². The highest BCUT2D eigenvalue weighted by atomic mass is 32.2. The molecule has 0 spiro atoms. The number of rotatable bonds is 4. The van der Waals surface area contributed by atoms with Gasteiger partial charge < -0.3 is 4.57 Å². The number of benzene rings is 1. The summed E-state index contributed by atoms with van der Waals surface area (Å²) in [5, 5.41) is 1.76. The van der Waals surface area contributed by atoms with Crippen LogP contribution in [-0.4, -0.2) is 42.0 Å². The number of thiazole rings is 1. The molecule has 6 nitrogen and oxygen atoms in total. The Morgan fingerprint density at radius 1 is 1.40 bits per heavy atom. The van der Waals surface area contributed by atoms with Crippen LogP contribution in [0.2, 0.25) is 0 Å². The summed E-state index contributed by atoms with van der Waals surface area (Å²) in [5.74, 6) is -0.801. The van der Waals surface area contributed by atoms with Gasteiger partial charge in [-0.1, -0.05) is 18.2 Å². The number of halogens is 1. The maximum Gasteiger partial charge on any atom is 0.266 e. The Hall–Kier alpha value is -1.84. The highest BCUT2D eigenvalue weighted by Gasteiger charge is 2.36. The van der Waals surface area contributed by atoms with Gasteiger partial charge in [0, 0.05) is 23.7 Å². The minimum absolute atomic E-state index is 0.253. The zero-order chi connectivity index (χ0) is 18.0. The Bertz CT molecular complexity index is 949. The van der Waals surface area contributed by atoms with Crippen LogP contribution < -0.4 is 4.80 Å². The monoisotopic (exact) mass is 383 g/mol. The second-order valence-electron chi connectivity index (χ2n) is 5.89. The number of nitrogens with zero attached hydrogens (tertiary/aromatic N) is 3. The Labute approximate surface area is 149 Å². The van der Waals surface area contributed by atoms with Gasteiger partial charge >= 0.3 is 0 Å². The smallest absolute Gasteiger partial charge is 0.266 e. The van der Waals surface area contributed by atoms with Crippen molar-refractivity contribution in [2.24, 2.45) is 4.99 Å². The molecule has 9 heteroatoms. The minimum Gasteiger partial charge on any atom is -0.319 e. The molecule has 25 heavy (non-hydrogen) atoms. The van der Waals surface area contributed by atoms with E-state index in [0.29, 0.717) is 29.8 Å². The van der Waals surface area contributed by atoms with Gasteiger partial charge in [0.2, 0.25) is 10.0 Å². The zero-order valence-corrected chi connectivity index (χ0v) is 15.3. The second-order valence-corrected chi connectivity index (χ2v) is 8.69. The van der Waals surface area contributed by atoms with Crippen LogP contribution in [0.5, 0.6) is 0 Å². The van der Waals surface area contributed by atoms with Crippen molar-refractivity contribution >= 4 is 27.3 Å². The largest absolute Gasteiger partial charge is 0.319 e. The summed E-state index contributed by atoms with van der Waals surface area (Å²) >= 11 is 1.26. The fraction of sp³-hybridized carbons (Fsp3) is 0.375. The first-order chi connectivity index (χ1) is 11.9. The van der Waals surface area contributed by atoms with Crippen molar-refractivity contribution in [3.8, 4) is 0 Å². The Kier molecular flexibility index (Phi) is 5.16. The van der Waals surface area contributed by atoms with E-state index >= 15 is 0 Å².